The van der Waals surface area contributed by atoms with Crippen LogP contribution >= 0.6 is 0 Å². The predicted molar refractivity (Wildman–Crippen MR) is 103 cm³/mol. The molecule has 0 aliphatic carbocycles. The van der Waals surface area contributed by atoms with Gasteiger partial charge in [-0.1, -0.05) is 0 Å². The zero-order chi connectivity index (χ0) is 20.4. The minimum absolute atomic E-state index is 0.0579. The van der Waals surface area contributed by atoms with Crippen LogP contribution in [0.1, 0.15) is 24.8 Å². The number of hydrogen-bond donors (Lipinski definition) is 3. The van der Waals surface area contributed by atoms with Crippen LogP contribution in [0.5, 0.6) is 0 Å². The average Bonchev–Trinajstić information content (AvgIpc) is 3.17. The molecule has 4 rings (SSSR count). The Morgan fingerprint density at radius 2 is 1.93 bits per heavy atom. The molecule has 4 heterocycles. The van der Waals surface area contributed by atoms with E-state index in [2.05, 4.69) is 20.2 Å². The molecule has 1 amide bonds. The number of nitrogens with one attached hydrogen (secondary N) is 1. The Bertz CT molecular complexity index is 861. The van der Waals surface area contributed by atoms with E-state index in [-0.39, 0.29) is 31.0 Å². The Morgan fingerprint density at radius 1 is 1.21 bits per heavy atom. The molecule has 154 valence electrons. The van der Waals surface area contributed by atoms with Gasteiger partial charge in [-0.15, -0.1) is 0 Å². The zero-order valence-electron chi connectivity index (χ0n) is 15.9. The summed E-state index contributed by atoms with van der Waals surface area (Å²) in [5.41, 5.74) is 8.10. The van der Waals surface area contributed by atoms with Crippen molar-refractivity contribution in [2.75, 3.05) is 38.6 Å². The summed E-state index contributed by atoms with van der Waals surface area (Å²) in [7, 11) is 0. The van der Waals surface area contributed by atoms with Gasteiger partial charge in [0.1, 0.15) is 5.84 Å². The number of carboxylic acids is 1. The number of aliphatic carboxylic acids is 1. The van der Waals surface area contributed by atoms with E-state index in [9.17, 15) is 9.59 Å². The second kappa shape index (κ2) is 8.13. The predicted octanol–water partition coefficient (Wildman–Crippen LogP) is -0.515. The van der Waals surface area contributed by atoms with Gasteiger partial charge >= 0.3 is 5.97 Å². The number of hydrogen-bond acceptors (Lipinski definition) is 9. The van der Waals surface area contributed by atoms with E-state index >= 15 is 0 Å². The second-order valence-corrected chi connectivity index (χ2v) is 6.99. The lowest BCUT2D eigenvalue weighted by atomic mass is 10.1. The number of ether oxygens (including phenoxy) is 1. The van der Waals surface area contributed by atoms with Crippen LogP contribution in [0.15, 0.2) is 23.0 Å². The first-order valence-electron chi connectivity index (χ1n) is 9.52. The van der Waals surface area contributed by atoms with E-state index in [1.165, 1.54) is 0 Å². The Kier molecular flexibility index (Phi) is 5.41. The third kappa shape index (κ3) is 4.05. The topological polar surface area (TPSA) is 146 Å². The minimum atomic E-state index is -0.994. The Labute approximate surface area is 167 Å². The average molecular weight is 401 g/mol. The molecule has 0 radical (unpaired) electrons. The normalized spacial score (nSPS) is 22.1. The van der Waals surface area contributed by atoms with Crippen molar-refractivity contribution in [3.63, 3.8) is 0 Å². The first kappa shape index (κ1) is 19.3. The van der Waals surface area contributed by atoms with Crippen LogP contribution in [-0.4, -0.2) is 81.7 Å². The van der Waals surface area contributed by atoms with Gasteiger partial charge in [0.25, 0.3) is 0 Å². The number of nitrogens with two attached hydrogens (primary N) is 1. The Balaban J connectivity index is 1.66. The first-order valence-corrected chi connectivity index (χ1v) is 9.52. The number of anilines is 1. The van der Waals surface area contributed by atoms with E-state index in [0.717, 1.165) is 16.8 Å². The van der Waals surface area contributed by atoms with Crippen LogP contribution in [0.25, 0.3) is 5.70 Å². The highest BCUT2D eigenvalue weighted by molar-refractivity contribution is 6.14. The van der Waals surface area contributed by atoms with E-state index in [0.29, 0.717) is 45.1 Å². The van der Waals surface area contributed by atoms with Gasteiger partial charge in [0.05, 0.1) is 25.3 Å². The molecule has 4 N–H and O–H groups in total. The summed E-state index contributed by atoms with van der Waals surface area (Å²) in [6.45, 7) is 3.11. The van der Waals surface area contributed by atoms with Crippen molar-refractivity contribution in [2.24, 2.45) is 4.99 Å². The molecule has 0 bridgehead atoms. The summed E-state index contributed by atoms with van der Waals surface area (Å²) in [5, 5.41) is 12.3. The summed E-state index contributed by atoms with van der Waals surface area (Å²) in [4.78, 5) is 40.2. The third-order valence-corrected chi connectivity index (χ3v) is 5.14. The molecular formula is C18H23N7O4. The smallest absolute Gasteiger partial charge is 0.303 e. The number of carbonyl (C=O) groups is 2. The van der Waals surface area contributed by atoms with E-state index in [4.69, 9.17) is 20.6 Å². The maximum atomic E-state index is 12.6. The molecule has 11 heteroatoms. The molecule has 3 aliphatic rings. The highest BCUT2D eigenvalue weighted by Gasteiger charge is 2.37. The van der Waals surface area contributed by atoms with E-state index in [1.807, 2.05) is 0 Å². The highest BCUT2D eigenvalue weighted by atomic mass is 16.5. The number of morpholine rings is 1. The van der Waals surface area contributed by atoms with Gasteiger partial charge in [-0.3, -0.25) is 19.4 Å². The Hall–Kier alpha value is -3.05. The minimum Gasteiger partial charge on any atom is -0.481 e. The fourth-order valence-corrected chi connectivity index (χ4v) is 3.66. The second-order valence-electron chi connectivity index (χ2n) is 6.99. The molecule has 2 saturated heterocycles. The lowest BCUT2D eigenvalue weighted by Crippen LogP contribution is -2.52. The third-order valence-electron chi connectivity index (χ3n) is 5.14. The molecule has 3 aliphatic heterocycles. The van der Waals surface area contributed by atoms with E-state index in [1.54, 1.807) is 17.3 Å². The van der Waals surface area contributed by atoms with Crippen molar-refractivity contribution < 1.29 is 19.4 Å². The van der Waals surface area contributed by atoms with Crippen molar-refractivity contribution in [1.29, 1.82) is 0 Å². The molecule has 0 aromatic carbocycles. The summed E-state index contributed by atoms with van der Waals surface area (Å²) >= 11 is 0. The fourth-order valence-electron chi connectivity index (χ4n) is 3.66. The van der Waals surface area contributed by atoms with Crippen molar-refractivity contribution in [1.82, 2.24) is 25.1 Å². The van der Waals surface area contributed by atoms with Crippen LogP contribution in [0.4, 0.5) is 5.95 Å². The number of aromatic nitrogens is 2. The molecule has 1 atom stereocenters. The lowest BCUT2D eigenvalue weighted by molar-refractivity contribution is -0.139. The first-order chi connectivity index (χ1) is 14.0. The van der Waals surface area contributed by atoms with Crippen molar-refractivity contribution in [3.8, 4) is 0 Å². The summed E-state index contributed by atoms with van der Waals surface area (Å²) < 4.78 is 5.43. The number of carbonyl (C=O) groups excluding carboxylic acids is 1. The van der Waals surface area contributed by atoms with Crippen LogP contribution in [0, 0.1) is 0 Å². The molecule has 29 heavy (non-hydrogen) atoms. The summed E-state index contributed by atoms with van der Waals surface area (Å²) in [5.74, 6) is -0.462. The van der Waals surface area contributed by atoms with Gasteiger partial charge in [0, 0.05) is 49.6 Å². The van der Waals surface area contributed by atoms with Crippen molar-refractivity contribution >= 4 is 29.4 Å². The molecule has 1 aromatic heterocycles. The molecule has 0 saturated carbocycles. The van der Waals surface area contributed by atoms with Crippen LogP contribution in [0.2, 0.25) is 0 Å². The van der Waals surface area contributed by atoms with Gasteiger partial charge in [-0.05, 0) is 6.42 Å². The lowest BCUT2D eigenvalue weighted by Gasteiger charge is -2.36. The van der Waals surface area contributed by atoms with Gasteiger partial charge in [0.15, 0.2) is 6.29 Å². The number of nitrogen functional groups attached to an aromatic ring is 1. The number of amides is 1. The van der Waals surface area contributed by atoms with Crippen LogP contribution in [-0.2, 0) is 14.3 Å². The standard InChI is InChI=1S/C18H23N7O4/c19-17-20-9-11(10-21-17)15-12-3-4-25(13(26)1-2-14(27)28)16(12)23-18(22-15)24-5-7-29-8-6-24/h9-10,18,22H,1-8H2,(H,27,28)(H2,19,20,21). The molecule has 2 fully saturated rings. The number of nitrogens with zero attached hydrogens (tertiary/aromatic N) is 5. The molecule has 11 nitrogen and oxygen atoms in total. The van der Waals surface area contributed by atoms with Crippen molar-refractivity contribution in [2.45, 2.75) is 25.6 Å². The summed E-state index contributed by atoms with van der Waals surface area (Å²) in [6, 6.07) is 0. The number of fused-ring (bicyclic) bond motifs is 1. The largest absolute Gasteiger partial charge is 0.481 e. The van der Waals surface area contributed by atoms with E-state index < -0.39 is 5.97 Å². The zero-order valence-corrected chi connectivity index (χ0v) is 15.9. The molecule has 0 spiro atoms. The van der Waals surface area contributed by atoms with Crippen LogP contribution in [0.3, 0.4) is 0 Å². The maximum Gasteiger partial charge on any atom is 0.303 e. The Morgan fingerprint density at radius 3 is 2.62 bits per heavy atom. The van der Waals surface area contributed by atoms with Gasteiger partial charge < -0.3 is 20.9 Å². The number of amidine groups is 1. The van der Waals surface area contributed by atoms with Crippen molar-refractivity contribution in [3.05, 3.63) is 23.5 Å². The fraction of sp³-hybridized carbons (Fsp3) is 0.500. The number of carboxylic acid groups (broad SMARTS) is 1. The maximum absolute atomic E-state index is 12.6. The quantitative estimate of drug-likeness (QED) is 0.593. The number of rotatable bonds is 5. The monoisotopic (exact) mass is 401 g/mol. The number of aliphatic imine (C=N–C) groups is 1. The molecule has 1 aromatic rings. The van der Waals surface area contributed by atoms with Gasteiger partial charge in [-0.25, -0.2) is 15.0 Å². The van der Waals surface area contributed by atoms with Gasteiger partial charge in [0.2, 0.25) is 11.9 Å². The summed E-state index contributed by atoms with van der Waals surface area (Å²) in [6.07, 6.45) is 3.28. The number of likely N-dealkylation sites (tertiary alicyclic amines) is 1. The molecular weight excluding hydrogens is 378 g/mol. The van der Waals surface area contributed by atoms with Gasteiger partial charge in [-0.2, -0.15) is 0 Å². The highest BCUT2D eigenvalue weighted by Crippen LogP contribution is 2.31. The molecule has 1 unspecified atom stereocenters. The van der Waals surface area contributed by atoms with Crippen LogP contribution < -0.4 is 11.1 Å². The SMILES string of the molecule is Nc1ncc(C2=C3CCN(C(=O)CCC(=O)O)C3=NC(N3CCOCC3)N2)cn1.